The highest BCUT2D eigenvalue weighted by Gasteiger charge is 2.34. The standard InChI is InChI=1S/C28H25FN2O4S/c1-3-18-7-12-22(13-8-18)31-27(33)23(26(32)30-28(31)36)15-20-9-14-24(25(16-20)34-4-2)35-17-19-5-10-21(29)11-6-19/h5-16H,3-4,17H2,1-2H3,(H,30,32,36)/b23-15+. The van der Waals surface area contributed by atoms with Crippen molar-refractivity contribution in [1.29, 1.82) is 0 Å². The lowest BCUT2D eigenvalue weighted by Crippen LogP contribution is -2.54. The fourth-order valence-electron chi connectivity index (χ4n) is 3.68. The Morgan fingerprint density at radius 1 is 0.917 bits per heavy atom. The van der Waals surface area contributed by atoms with Crippen molar-refractivity contribution in [3.8, 4) is 11.5 Å². The summed E-state index contributed by atoms with van der Waals surface area (Å²) in [6.07, 6.45) is 2.37. The maximum atomic E-state index is 13.3. The lowest BCUT2D eigenvalue weighted by atomic mass is 10.1. The molecule has 4 rings (SSSR count). The number of ether oxygens (including phenoxy) is 2. The molecule has 0 radical (unpaired) electrons. The van der Waals surface area contributed by atoms with Crippen molar-refractivity contribution >= 4 is 40.9 Å². The van der Waals surface area contributed by atoms with E-state index < -0.39 is 11.8 Å². The molecule has 0 unspecified atom stereocenters. The number of carbonyl (C=O) groups excluding carboxylic acids is 2. The first-order chi connectivity index (χ1) is 17.4. The van der Waals surface area contributed by atoms with Crippen LogP contribution in [-0.2, 0) is 22.6 Å². The number of aryl methyl sites for hydroxylation is 1. The Morgan fingerprint density at radius 2 is 1.61 bits per heavy atom. The molecule has 3 aromatic rings. The molecule has 0 atom stereocenters. The van der Waals surface area contributed by atoms with Crippen LogP contribution >= 0.6 is 12.2 Å². The molecule has 6 nitrogen and oxygen atoms in total. The first-order valence-corrected chi connectivity index (χ1v) is 11.9. The smallest absolute Gasteiger partial charge is 0.270 e. The number of benzene rings is 3. The van der Waals surface area contributed by atoms with E-state index in [2.05, 4.69) is 5.32 Å². The summed E-state index contributed by atoms with van der Waals surface area (Å²) in [5.74, 6) is -0.449. The van der Waals surface area contributed by atoms with Crippen LogP contribution in [0.15, 0.2) is 72.3 Å². The predicted molar refractivity (Wildman–Crippen MR) is 140 cm³/mol. The van der Waals surface area contributed by atoms with Gasteiger partial charge in [0.2, 0.25) is 0 Å². The molecule has 1 aliphatic heterocycles. The number of anilines is 1. The van der Waals surface area contributed by atoms with Crippen LogP contribution in [0.3, 0.4) is 0 Å². The molecule has 36 heavy (non-hydrogen) atoms. The van der Waals surface area contributed by atoms with Crippen LogP contribution in [0.1, 0.15) is 30.5 Å². The molecule has 1 heterocycles. The Bertz CT molecular complexity index is 1320. The Hall–Kier alpha value is -4.04. The minimum absolute atomic E-state index is 0.0333. The van der Waals surface area contributed by atoms with Crippen LogP contribution in [-0.4, -0.2) is 23.5 Å². The molecule has 0 bridgehead atoms. The number of nitrogens with one attached hydrogen (secondary N) is 1. The van der Waals surface area contributed by atoms with Crippen molar-refractivity contribution in [3.05, 3.63) is 94.8 Å². The molecular weight excluding hydrogens is 479 g/mol. The average Bonchev–Trinajstić information content (AvgIpc) is 2.87. The maximum Gasteiger partial charge on any atom is 0.270 e. The summed E-state index contributed by atoms with van der Waals surface area (Å²) in [6, 6.07) is 18.6. The Labute approximate surface area is 214 Å². The van der Waals surface area contributed by atoms with Gasteiger partial charge >= 0.3 is 0 Å². The van der Waals surface area contributed by atoms with E-state index in [1.54, 1.807) is 42.5 Å². The molecule has 1 N–H and O–H groups in total. The molecule has 2 amide bonds. The first-order valence-electron chi connectivity index (χ1n) is 11.5. The average molecular weight is 505 g/mol. The molecule has 0 aliphatic carbocycles. The molecule has 8 heteroatoms. The molecule has 0 saturated carbocycles. The van der Waals surface area contributed by atoms with Crippen LogP contribution < -0.4 is 19.7 Å². The molecule has 1 saturated heterocycles. The van der Waals surface area contributed by atoms with Crippen LogP contribution in [0.5, 0.6) is 11.5 Å². The Balaban J connectivity index is 1.59. The van der Waals surface area contributed by atoms with E-state index in [4.69, 9.17) is 21.7 Å². The van der Waals surface area contributed by atoms with E-state index in [0.29, 0.717) is 29.4 Å². The van der Waals surface area contributed by atoms with E-state index in [-0.39, 0.29) is 23.1 Å². The number of amides is 2. The second kappa shape index (κ2) is 11.1. The number of halogens is 1. The third kappa shape index (κ3) is 5.60. The monoisotopic (exact) mass is 504 g/mol. The minimum Gasteiger partial charge on any atom is -0.490 e. The normalized spacial score (nSPS) is 14.7. The zero-order valence-electron chi connectivity index (χ0n) is 19.9. The molecule has 3 aromatic carbocycles. The number of rotatable bonds is 8. The largest absolute Gasteiger partial charge is 0.490 e. The third-order valence-corrected chi connectivity index (χ3v) is 5.88. The summed E-state index contributed by atoms with van der Waals surface area (Å²) >= 11 is 5.28. The van der Waals surface area contributed by atoms with Crippen LogP contribution in [0, 0.1) is 5.82 Å². The van der Waals surface area contributed by atoms with Gasteiger partial charge < -0.3 is 9.47 Å². The highest BCUT2D eigenvalue weighted by Crippen LogP contribution is 2.31. The molecule has 1 fully saturated rings. The quantitative estimate of drug-likeness (QED) is 0.260. The first kappa shape index (κ1) is 25.1. The number of thiocarbonyl (C=S) groups is 1. The van der Waals surface area contributed by atoms with E-state index in [0.717, 1.165) is 17.5 Å². The molecule has 1 aliphatic rings. The van der Waals surface area contributed by atoms with Gasteiger partial charge in [-0.2, -0.15) is 0 Å². The van der Waals surface area contributed by atoms with E-state index in [1.165, 1.54) is 23.1 Å². The van der Waals surface area contributed by atoms with Crippen LogP contribution in [0.4, 0.5) is 10.1 Å². The number of nitrogens with zero attached hydrogens (tertiary/aromatic N) is 1. The van der Waals surface area contributed by atoms with Gasteiger partial charge in [-0.25, -0.2) is 4.39 Å². The lowest BCUT2D eigenvalue weighted by Gasteiger charge is -2.29. The maximum absolute atomic E-state index is 13.3. The molecular formula is C28H25FN2O4S. The highest BCUT2D eigenvalue weighted by molar-refractivity contribution is 7.80. The van der Waals surface area contributed by atoms with E-state index >= 15 is 0 Å². The van der Waals surface area contributed by atoms with Gasteiger partial charge in [0, 0.05) is 0 Å². The lowest BCUT2D eigenvalue weighted by molar-refractivity contribution is -0.122. The van der Waals surface area contributed by atoms with Crippen LogP contribution in [0.2, 0.25) is 0 Å². The van der Waals surface area contributed by atoms with Gasteiger partial charge in [0.05, 0.1) is 12.3 Å². The number of hydrogen-bond donors (Lipinski definition) is 1. The zero-order valence-corrected chi connectivity index (χ0v) is 20.7. The van der Waals surface area contributed by atoms with Crippen molar-refractivity contribution in [2.75, 3.05) is 11.5 Å². The van der Waals surface area contributed by atoms with Crippen molar-refractivity contribution < 1.29 is 23.5 Å². The summed E-state index contributed by atoms with van der Waals surface area (Å²) in [6.45, 7) is 4.51. The van der Waals surface area contributed by atoms with Crippen molar-refractivity contribution in [2.45, 2.75) is 26.9 Å². The van der Waals surface area contributed by atoms with Gasteiger partial charge in [0.15, 0.2) is 16.6 Å². The topological polar surface area (TPSA) is 67.9 Å². The summed E-state index contributed by atoms with van der Waals surface area (Å²) in [5, 5.41) is 2.63. The second-order valence-corrected chi connectivity index (χ2v) is 8.42. The van der Waals surface area contributed by atoms with Gasteiger partial charge in [-0.15, -0.1) is 0 Å². The molecule has 0 spiro atoms. The van der Waals surface area contributed by atoms with Crippen molar-refractivity contribution in [2.24, 2.45) is 0 Å². The Kier molecular flexibility index (Phi) is 7.75. The van der Waals surface area contributed by atoms with E-state index in [9.17, 15) is 14.0 Å². The second-order valence-electron chi connectivity index (χ2n) is 8.03. The zero-order chi connectivity index (χ0) is 25.7. The number of hydrogen-bond acceptors (Lipinski definition) is 5. The summed E-state index contributed by atoms with van der Waals surface area (Å²) in [5.41, 5.74) is 3.04. The van der Waals surface area contributed by atoms with Gasteiger partial charge in [0.25, 0.3) is 11.8 Å². The minimum atomic E-state index is -0.568. The van der Waals surface area contributed by atoms with Gasteiger partial charge in [-0.3, -0.25) is 19.8 Å². The SMILES string of the molecule is CCOc1cc(/C=C2\C(=O)NC(=S)N(c3ccc(CC)cc3)C2=O)ccc1OCc1ccc(F)cc1. The molecule has 0 aromatic heterocycles. The van der Waals surface area contributed by atoms with Crippen LogP contribution in [0.25, 0.3) is 6.08 Å². The van der Waals surface area contributed by atoms with Crippen molar-refractivity contribution in [3.63, 3.8) is 0 Å². The summed E-state index contributed by atoms with van der Waals surface area (Å²) in [7, 11) is 0. The van der Waals surface area contributed by atoms with Gasteiger partial charge in [-0.1, -0.05) is 37.3 Å². The fraction of sp³-hybridized carbons (Fsp3) is 0.179. The van der Waals surface area contributed by atoms with Gasteiger partial charge in [0.1, 0.15) is 18.0 Å². The predicted octanol–water partition coefficient (Wildman–Crippen LogP) is 5.20. The van der Waals surface area contributed by atoms with Gasteiger partial charge in [-0.05, 0) is 84.7 Å². The van der Waals surface area contributed by atoms with E-state index in [1.807, 2.05) is 26.0 Å². The number of carbonyl (C=O) groups is 2. The summed E-state index contributed by atoms with van der Waals surface area (Å²) < 4.78 is 24.7. The van der Waals surface area contributed by atoms with Crippen molar-refractivity contribution in [1.82, 2.24) is 5.32 Å². The summed E-state index contributed by atoms with van der Waals surface area (Å²) in [4.78, 5) is 27.3. The molecule has 184 valence electrons. The highest BCUT2D eigenvalue weighted by atomic mass is 32.1. The third-order valence-electron chi connectivity index (χ3n) is 5.59. The fourth-order valence-corrected chi connectivity index (χ4v) is 3.96. The Morgan fingerprint density at radius 3 is 2.28 bits per heavy atom.